The largest absolute Gasteiger partial charge is 0.370 e. The monoisotopic (exact) mass is 241 g/mol. The minimum atomic E-state index is -0.312. The molecule has 0 aromatic rings. The SMILES string of the molecule is C=C.C=C.C=C.C=C.C=C.N=C(N)NC(=N)N. The molecular weight excluding hydrogens is 214 g/mol. The van der Waals surface area contributed by atoms with Crippen LogP contribution in [0.5, 0.6) is 0 Å². The van der Waals surface area contributed by atoms with Gasteiger partial charge in [-0.05, 0) is 0 Å². The number of hydrogen-bond donors (Lipinski definition) is 5. The van der Waals surface area contributed by atoms with E-state index in [4.69, 9.17) is 22.3 Å². The van der Waals surface area contributed by atoms with Crippen molar-refractivity contribution in [2.75, 3.05) is 0 Å². The number of nitrogens with one attached hydrogen (secondary N) is 3. The fourth-order valence-corrected chi connectivity index (χ4v) is 0.145. The topological polar surface area (TPSA) is 112 Å². The van der Waals surface area contributed by atoms with Crippen molar-refractivity contribution in [2.45, 2.75) is 0 Å². The van der Waals surface area contributed by atoms with Gasteiger partial charge in [0.1, 0.15) is 0 Å². The molecule has 7 N–H and O–H groups in total. The van der Waals surface area contributed by atoms with Gasteiger partial charge in [0, 0.05) is 0 Å². The van der Waals surface area contributed by atoms with Crippen molar-refractivity contribution in [1.82, 2.24) is 5.32 Å². The Balaban J connectivity index is -0.0000000257. The van der Waals surface area contributed by atoms with Crippen LogP contribution in [0.15, 0.2) is 65.8 Å². The van der Waals surface area contributed by atoms with Crippen LogP contribution in [0.2, 0.25) is 0 Å². The molecule has 5 nitrogen and oxygen atoms in total. The Morgan fingerprint density at radius 3 is 0.706 bits per heavy atom. The van der Waals surface area contributed by atoms with E-state index >= 15 is 0 Å². The molecule has 17 heavy (non-hydrogen) atoms. The summed E-state index contributed by atoms with van der Waals surface area (Å²) in [6.45, 7) is 30.0. The molecule has 0 aliphatic heterocycles. The van der Waals surface area contributed by atoms with Crippen molar-refractivity contribution in [2.24, 2.45) is 11.5 Å². The molecule has 100 valence electrons. The molecule has 0 saturated heterocycles. The molecule has 0 unspecified atom stereocenters. The third-order valence-electron chi connectivity index (χ3n) is 0.269. The second-order valence-corrected chi connectivity index (χ2v) is 0.952. The van der Waals surface area contributed by atoms with Gasteiger partial charge in [-0.2, -0.15) is 0 Å². The van der Waals surface area contributed by atoms with Gasteiger partial charge >= 0.3 is 0 Å². The van der Waals surface area contributed by atoms with Crippen LogP contribution in [0.1, 0.15) is 0 Å². The molecule has 0 saturated carbocycles. The molecule has 0 rings (SSSR count). The zero-order valence-electron chi connectivity index (χ0n) is 10.7. The number of nitrogens with two attached hydrogens (primary N) is 2. The Labute approximate surface area is 106 Å². The van der Waals surface area contributed by atoms with Crippen LogP contribution in [0.3, 0.4) is 0 Å². The van der Waals surface area contributed by atoms with Crippen molar-refractivity contribution < 1.29 is 0 Å². The lowest BCUT2D eigenvalue weighted by Gasteiger charge is -1.95. The summed E-state index contributed by atoms with van der Waals surface area (Å²) in [6.07, 6.45) is 0. The lowest BCUT2D eigenvalue weighted by atomic mass is 10.9. The highest BCUT2D eigenvalue weighted by Crippen LogP contribution is 1.44. The zero-order valence-corrected chi connectivity index (χ0v) is 10.7. The average molecular weight is 241 g/mol. The van der Waals surface area contributed by atoms with E-state index in [0.29, 0.717) is 0 Å². The molecule has 0 amide bonds. The summed E-state index contributed by atoms with van der Waals surface area (Å²) in [6, 6.07) is 0. The fourth-order valence-electron chi connectivity index (χ4n) is 0.145. The van der Waals surface area contributed by atoms with Crippen molar-refractivity contribution in [3.8, 4) is 0 Å². The predicted octanol–water partition coefficient (Wildman–Crippen LogP) is 2.37. The Morgan fingerprint density at radius 2 is 0.706 bits per heavy atom. The van der Waals surface area contributed by atoms with Crippen molar-refractivity contribution >= 4 is 11.9 Å². The third kappa shape index (κ3) is 848. The van der Waals surface area contributed by atoms with Crippen LogP contribution in [-0.2, 0) is 0 Å². The first kappa shape index (κ1) is 36.6. The van der Waals surface area contributed by atoms with Gasteiger partial charge in [-0.1, -0.05) is 0 Å². The number of hydrogen-bond acceptors (Lipinski definition) is 2. The minimum absolute atomic E-state index is 0.312. The molecule has 0 aliphatic carbocycles. The quantitative estimate of drug-likeness (QED) is 0.255. The van der Waals surface area contributed by atoms with Gasteiger partial charge in [-0.15, -0.1) is 65.8 Å². The first-order valence-corrected chi connectivity index (χ1v) is 4.08. The van der Waals surface area contributed by atoms with Crippen LogP contribution in [0.25, 0.3) is 0 Å². The summed E-state index contributed by atoms with van der Waals surface area (Å²) in [5.41, 5.74) is 9.49. The molecule has 0 bridgehead atoms. The van der Waals surface area contributed by atoms with Crippen LogP contribution < -0.4 is 16.8 Å². The molecule has 0 aromatic heterocycles. The van der Waals surface area contributed by atoms with E-state index in [1.807, 2.05) is 5.32 Å². The maximum absolute atomic E-state index is 6.47. The van der Waals surface area contributed by atoms with Crippen molar-refractivity contribution in [3.63, 3.8) is 0 Å². The van der Waals surface area contributed by atoms with Crippen molar-refractivity contribution in [3.05, 3.63) is 65.8 Å². The van der Waals surface area contributed by atoms with E-state index in [1.54, 1.807) is 0 Å². The van der Waals surface area contributed by atoms with Crippen LogP contribution in [-0.4, -0.2) is 11.9 Å². The van der Waals surface area contributed by atoms with E-state index in [1.165, 1.54) is 0 Å². The van der Waals surface area contributed by atoms with Crippen LogP contribution in [0.4, 0.5) is 0 Å². The minimum Gasteiger partial charge on any atom is -0.370 e. The standard InChI is InChI=1S/C2H7N5.5C2H4/c3-1(4)7-2(5)6;5*1-2/h(H7,3,4,5,6,7);5*1-2H2. The lowest BCUT2D eigenvalue weighted by Crippen LogP contribution is -2.39. The molecule has 0 atom stereocenters. The van der Waals surface area contributed by atoms with Gasteiger partial charge in [0.2, 0.25) is 0 Å². The molecule has 0 fully saturated rings. The van der Waals surface area contributed by atoms with E-state index in [9.17, 15) is 0 Å². The van der Waals surface area contributed by atoms with E-state index < -0.39 is 0 Å². The van der Waals surface area contributed by atoms with Gasteiger partial charge in [-0.25, -0.2) is 0 Å². The summed E-state index contributed by atoms with van der Waals surface area (Å²) >= 11 is 0. The highest BCUT2D eigenvalue weighted by atomic mass is 15.1. The van der Waals surface area contributed by atoms with Crippen molar-refractivity contribution in [1.29, 1.82) is 10.8 Å². The summed E-state index contributed by atoms with van der Waals surface area (Å²) in [4.78, 5) is 0. The number of rotatable bonds is 0. The normalized spacial score (nSPS) is 4.24. The highest BCUT2D eigenvalue weighted by Gasteiger charge is 1.83. The smallest absolute Gasteiger partial charge is 0.192 e. The van der Waals surface area contributed by atoms with Gasteiger partial charge in [0.25, 0.3) is 0 Å². The zero-order chi connectivity index (χ0) is 15.9. The molecule has 0 spiro atoms. The van der Waals surface area contributed by atoms with Crippen LogP contribution in [0, 0.1) is 10.8 Å². The summed E-state index contributed by atoms with van der Waals surface area (Å²) < 4.78 is 0. The molecule has 5 heteroatoms. The molecule has 0 radical (unpaired) electrons. The lowest BCUT2D eigenvalue weighted by molar-refractivity contribution is 1.19. The third-order valence-corrected chi connectivity index (χ3v) is 0.269. The number of guanidine groups is 2. The predicted molar refractivity (Wildman–Crippen MR) is 83.2 cm³/mol. The van der Waals surface area contributed by atoms with Gasteiger partial charge < -0.3 is 11.5 Å². The van der Waals surface area contributed by atoms with E-state index in [0.717, 1.165) is 0 Å². The van der Waals surface area contributed by atoms with E-state index in [-0.39, 0.29) is 11.9 Å². The Morgan fingerprint density at radius 1 is 0.588 bits per heavy atom. The molecule has 0 aliphatic rings. The molecular formula is C12H27N5. The first-order chi connectivity index (χ1) is 8.13. The summed E-state index contributed by atoms with van der Waals surface area (Å²) in [5, 5.41) is 15.0. The second-order valence-electron chi connectivity index (χ2n) is 0.952. The molecule has 0 heterocycles. The Hall–Kier alpha value is -2.56. The summed E-state index contributed by atoms with van der Waals surface area (Å²) in [7, 11) is 0. The highest BCUT2D eigenvalue weighted by molar-refractivity contribution is 5.93. The van der Waals surface area contributed by atoms with Crippen LogP contribution >= 0.6 is 0 Å². The Bertz CT molecular complexity index is 133. The Kier molecular flexibility index (Phi) is 227. The van der Waals surface area contributed by atoms with Gasteiger partial charge in [-0.3, -0.25) is 16.1 Å². The maximum atomic E-state index is 6.47. The maximum Gasteiger partial charge on any atom is 0.192 e. The first-order valence-electron chi connectivity index (χ1n) is 4.08. The van der Waals surface area contributed by atoms with Gasteiger partial charge in [0.05, 0.1) is 0 Å². The fraction of sp³-hybridized carbons (Fsp3) is 0. The second kappa shape index (κ2) is 106. The summed E-state index contributed by atoms with van der Waals surface area (Å²) in [5.74, 6) is -0.625. The molecule has 0 aromatic carbocycles. The van der Waals surface area contributed by atoms with Gasteiger partial charge in [0.15, 0.2) is 11.9 Å². The average Bonchev–Trinajstić information content (AvgIpc) is 2.40. The van der Waals surface area contributed by atoms with E-state index in [2.05, 4.69) is 65.8 Å².